The van der Waals surface area contributed by atoms with Gasteiger partial charge in [-0.2, -0.15) is 17.7 Å². The minimum atomic E-state index is -4.43. The molecule has 0 radical (unpaired) electrons. The van der Waals surface area contributed by atoms with E-state index in [2.05, 4.69) is 20.3 Å². The van der Waals surface area contributed by atoms with Crippen molar-refractivity contribution in [3.8, 4) is 5.88 Å². The van der Waals surface area contributed by atoms with Crippen LogP contribution in [0.25, 0.3) is 5.65 Å². The number of rotatable bonds is 3. The third kappa shape index (κ3) is 3.26. The lowest BCUT2D eigenvalue weighted by molar-refractivity contribution is -0.137. The van der Waals surface area contributed by atoms with Crippen LogP contribution in [0.3, 0.4) is 0 Å². The number of fused-ring (bicyclic) bond motifs is 1. The maximum atomic E-state index is 13.2. The van der Waals surface area contributed by atoms with E-state index < -0.39 is 11.7 Å². The Morgan fingerprint density at radius 1 is 1.11 bits per heavy atom. The minimum Gasteiger partial charge on any atom is -0.480 e. The molecule has 27 heavy (non-hydrogen) atoms. The monoisotopic (exact) mass is 378 g/mol. The van der Waals surface area contributed by atoms with Crippen molar-refractivity contribution < 1.29 is 17.9 Å². The number of alkyl halides is 3. The number of anilines is 1. The van der Waals surface area contributed by atoms with Crippen LogP contribution in [-0.2, 0) is 6.18 Å². The molecule has 0 aliphatic carbocycles. The highest BCUT2D eigenvalue weighted by Gasteiger charge is 2.36. The molecule has 0 bridgehead atoms. The van der Waals surface area contributed by atoms with Crippen LogP contribution in [0.5, 0.6) is 5.88 Å². The summed E-state index contributed by atoms with van der Waals surface area (Å²) >= 11 is 0. The summed E-state index contributed by atoms with van der Waals surface area (Å²) in [5.74, 6) is 1.17. The van der Waals surface area contributed by atoms with Crippen molar-refractivity contribution in [1.82, 2.24) is 24.8 Å². The SMILES string of the molecule is COc1ccc2nnc(C3CCN(c4ncccc4C(F)(F)F)CC3)n2n1. The van der Waals surface area contributed by atoms with Gasteiger partial charge in [0.1, 0.15) is 5.82 Å². The zero-order chi connectivity index (χ0) is 19.0. The molecule has 0 unspecified atom stereocenters. The van der Waals surface area contributed by atoms with Gasteiger partial charge in [-0.25, -0.2) is 4.98 Å². The van der Waals surface area contributed by atoms with Crippen molar-refractivity contribution in [3.05, 3.63) is 41.9 Å². The van der Waals surface area contributed by atoms with Crippen LogP contribution in [0.2, 0.25) is 0 Å². The molecule has 0 N–H and O–H groups in total. The highest BCUT2D eigenvalue weighted by Crippen LogP contribution is 2.37. The zero-order valence-corrected chi connectivity index (χ0v) is 14.5. The summed E-state index contributed by atoms with van der Waals surface area (Å²) in [6.45, 7) is 0.896. The Morgan fingerprint density at radius 3 is 2.59 bits per heavy atom. The number of aromatic nitrogens is 5. The number of halogens is 3. The van der Waals surface area contributed by atoms with Gasteiger partial charge in [0.05, 0.1) is 12.7 Å². The number of piperidine rings is 1. The summed E-state index contributed by atoms with van der Waals surface area (Å²) in [6, 6.07) is 5.84. The van der Waals surface area contributed by atoms with E-state index in [1.54, 1.807) is 21.5 Å². The lowest BCUT2D eigenvalue weighted by Crippen LogP contribution is -2.35. The van der Waals surface area contributed by atoms with E-state index in [4.69, 9.17) is 4.74 Å². The number of hydrogen-bond acceptors (Lipinski definition) is 6. The first-order valence-corrected chi connectivity index (χ1v) is 8.51. The Kier molecular flexibility index (Phi) is 4.33. The quantitative estimate of drug-likeness (QED) is 0.698. The summed E-state index contributed by atoms with van der Waals surface area (Å²) in [7, 11) is 1.53. The molecule has 1 saturated heterocycles. The highest BCUT2D eigenvalue weighted by atomic mass is 19.4. The van der Waals surface area contributed by atoms with Crippen LogP contribution in [0.15, 0.2) is 30.5 Å². The fourth-order valence-corrected chi connectivity index (χ4v) is 3.37. The van der Waals surface area contributed by atoms with Crippen molar-refractivity contribution >= 4 is 11.5 Å². The molecule has 3 aromatic heterocycles. The van der Waals surface area contributed by atoms with Crippen molar-refractivity contribution in [3.63, 3.8) is 0 Å². The summed E-state index contributed by atoms with van der Waals surface area (Å²) in [6.07, 6.45) is -1.77. The first-order valence-electron chi connectivity index (χ1n) is 8.51. The molecule has 1 aliphatic rings. The Balaban J connectivity index is 1.55. The van der Waals surface area contributed by atoms with Gasteiger partial charge in [-0.1, -0.05) is 0 Å². The van der Waals surface area contributed by atoms with Crippen LogP contribution in [-0.4, -0.2) is 45.0 Å². The maximum Gasteiger partial charge on any atom is 0.419 e. The van der Waals surface area contributed by atoms with E-state index >= 15 is 0 Å². The molecule has 142 valence electrons. The molecule has 7 nitrogen and oxygen atoms in total. The van der Waals surface area contributed by atoms with E-state index in [1.165, 1.54) is 19.4 Å². The minimum absolute atomic E-state index is 0.0191. The highest BCUT2D eigenvalue weighted by molar-refractivity contribution is 5.49. The van der Waals surface area contributed by atoms with Gasteiger partial charge in [0.15, 0.2) is 11.5 Å². The van der Waals surface area contributed by atoms with Crippen LogP contribution in [0.1, 0.15) is 30.1 Å². The van der Waals surface area contributed by atoms with Crippen LogP contribution in [0.4, 0.5) is 19.0 Å². The topological polar surface area (TPSA) is 68.4 Å². The molecule has 4 rings (SSSR count). The largest absolute Gasteiger partial charge is 0.480 e. The molecule has 0 amide bonds. The number of methoxy groups -OCH3 is 1. The summed E-state index contributed by atoms with van der Waals surface area (Å²) in [5, 5.41) is 12.7. The molecule has 0 aromatic carbocycles. The third-order valence-electron chi connectivity index (χ3n) is 4.72. The fourth-order valence-electron chi connectivity index (χ4n) is 3.37. The summed E-state index contributed by atoms with van der Waals surface area (Å²) in [4.78, 5) is 5.65. The van der Waals surface area contributed by atoms with E-state index in [0.717, 1.165) is 6.07 Å². The molecule has 0 saturated carbocycles. The van der Waals surface area contributed by atoms with E-state index in [0.29, 0.717) is 43.3 Å². The predicted octanol–water partition coefficient (Wildman–Crippen LogP) is 2.93. The molecular formula is C17H17F3N6O. The molecule has 3 aromatic rings. The average Bonchev–Trinajstić information content (AvgIpc) is 3.10. The van der Waals surface area contributed by atoms with E-state index in [-0.39, 0.29) is 11.7 Å². The molecule has 10 heteroatoms. The van der Waals surface area contributed by atoms with Crippen molar-refractivity contribution in [2.24, 2.45) is 0 Å². The van der Waals surface area contributed by atoms with Gasteiger partial charge < -0.3 is 9.64 Å². The van der Waals surface area contributed by atoms with E-state index in [1.807, 2.05) is 0 Å². The normalized spacial score (nSPS) is 16.1. The van der Waals surface area contributed by atoms with Gasteiger partial charge in [-0.05, 0) is 31.0 Å². The Hall–Kier alpha value is -2.91. The lowest BCUT2D eigenvalue weighted by Gasteiger charge is -2.33. The van der Waals surface area contributed by atoms with Crippen molar-refractivity contribution in [1.29, 1.82) is 0 Å². The average molecular weight is 378 g/mol. The third-order valence-corrected chi connectivity index (χ3v) is 4.72. The lowest BCUT2D eigenvalue weighted by atomic mass is 9.96. The van der Waals surface area contributed by atoms with Crippen molar-refractivity contribution in [2.75, 3.05) is 25.1 Å². The van der Waals surface area contributed by atoms with E-state index in [9.17, 15) is 13.2 Å². The summed E-state index contributed by atoms with van der Waals surface area (Å²) in [5.41, 5.74) is -0.0971. The molecule has 1 fully saturated rings. The Bertz CT molecular complexity index is 949. The smallest absolute Gasteiger partial charge is 0.419 e. The predicted molar refractivity (Wildman–Crippen MR) is 90.8 cm³/mol. The zero-order valence-electron chi connectivity index (χ0n) is 14.5. The van der Waals surface area contributed by atoms with Crippen LogP contribution >= 0.6 is 0 Å². The second-order valence-corrected chi connectivity index (χ2v) is 6.34. The molecule has 4 heterocycles. The van der Waals surface area contributed by atoms with Crippen LogP contribution < -0.4 is 9.64 Å². The summed E-state index contributed by atoms with van der Waals surface area (Å²) < 4.78 is 46.5. The van der Waals surface area contributed by atoms with Crippen LogP contribution in [0, 0.1) is 0 Å². The maximum absolute atomic E-state index is 13.2. The van der Waals surface area contributed by atoms with Gasteiger partial charge >= 0.3 is 6.18 Å². The second-order valence-electron chi connectivity index (χ2n) is 6.34. The number of ether oxygens (including phenoxy) is 1. The van der Waals surface area contributed by atoms with Gasteiger partial charge in [-0.15, -0.1) is 15.3 Å². The Labute approximate surface area is 152 Å². The molecule has 0 spiro atoms. The van der Waals surface area contributed by atoms with Gasteiger partial charge in [0.25, 0.3) is 0 Å². The van der Waals surface area contributed by atoms with Crippen molar-refractivity contribution in [2.45, 2.75) is 24.9 Å². The van der Waals surface area contributed by atoms with Gasteiger partial charge in [-0.3, -0.25) is 0 Å². The standard InChI is InChI=1S/C17H17F3N6O/c1-27-14-5-4-13-22-23-15(26(13)24-14)11-6-9-25(10-7-11)16-12(17(18,19)20)3-2-8-21-16/h2-5,8,11H,6-7,9-10H2,1H3. The number of pyridine rings is 1. The molecule has 1 aliphatic heterocycles. The number of nitrogens with zero attached hydrogens (tertiary/aromatic N) is 6. The molecule has 0 atom stereocenters. The number of hydrogen-bond donors (Lipinski definition) is 0. The Morgan fingerprint density at radius 2 is 1.89 bits per heavy atom. The van der Waals surface area contributed by atoms with Gasteiger partial charge in [0, 0.05) is 31.3 Å². The molecular weight excluding hydrogens is 361 g/mol. The first kappa shape index (κ1) is 17.5. The first-order chi connectivity index (χ1) is 13.0. The fraction of sp³-hybridized carbons (Fsp3) is 0.412. The second kappa shape index (κ2) is 6.67. The van der Waals surface area contributed by atoms with Gasteiger partial charge in [0.2, 0.25) is 5.88 Å².